The zero-order chi connectivity index (χ0) is 41.7. The Morgan fingerprint density at radius 1 is 0.727 bits per heavy atom. The largest absolute Gasteiger partial charge is 0.481 e. The quantitative estimate of drug-likeness (QED) is 0.0473. The zero-order valence-electron chi connectivity index (χ0n) is 30.7. The number of primary amides is 1. The van der Waals surface area contributed by atoms with Crippen LogP contribution in [0.2, 0.25) is 0 Å². The van der Waals surface area contributed by atoms with E-state index in [-0.39, 0.29) is 19.3 Å². The molecule has 0 radical (unpaired) electrons. The summed E-state index contributed by atoms with van der Waals surface area (Å²) < 4.78 is 0. The molecule has 2 heterocycles. The molecule has 6 amide bonds. The highest BCUT2D eigenvalue weighted by Crippen LogP contribution is 2.08. The fourth-order valence-electron chi connectivity index (χ4n) is 4.78. The summed E-state index contributed by atoms with van der Waals surface area (Å²) in [6.45, 7) is 3.68. The van der Waals surface area contributed by atoms with Gasteiger partial charge in [0.1, 0.15) is 30.2 Å². The Balaban J connectivity index is 0.00000359. The van der Waals surface area contributed by atoms with Crippen LogP contribution in [0.25, 0.3) is 0 Å². The van der Waals surface area contributed by atoms with E-state index >= 15 is 0 Å². The lowest BCUT2D eigenvalue weighted by atomic mass is 10.0. The molecular weight excluding hydrogens is 728 g/mol. The maximum absolute atomic E-state index is 13.6. The number of rotatable bonds is 23. The number of aromatic nitrogens is 4. The van der Waals surface area contributed by atoms with Crippen LogP contribution in [-0.2, 0) is 51.2 Å². The van der Waals surface area contributed by atoms with E-state index in [0.717, 1.165) is 6.92 Å². The molecule has 0 aliphatic rings. The van der Waals surface area contributed by atoms with Crippen molar-refractivity contribution in [3.63, 3.8) is 0 Å². The van der Waals surface area contributed by atoms with Gasteiger partial charge in [-0.15, -0.1) is 0 Å². The number of carbonyl (C=O) groups is 8. The number of aliphatic carboxylic acids is 2. The molecule has 0 saturated heterocycles. The summed E-state index contributed by atoms with van der Waals surface area (Å²) in [5.74, 6) is -8.32. The third-order valence-corrected chi connectivity index (χ3v) is 7.62. The Bertz CT molecular complexity index is 1550. The highest BCUT2D eigenvalue weighted by molar-refractivity contribution is 5.97. The Morgan fingerprint density at radius 3 is 1.69 bits per heavy atom. The van der Waals surface area contributed by atoms with Gasteiger partial charge < -0.3 is 69.1 Å². The summed E-state index contributed by atoms with van der Waals surface area (Å²) in [6.07, 6.45) is 5.92. The van der Waals surface area contributed by atoms with Crippen LogP contribution in [0.3, 0.4) is 0 Å². The van der Waals surface area contributed by atoms with Gasteiger partial charge in [0, 0.05) is 43.5 Å². The molecule has 0 fully saturated rings. The summed E-state index contributed by atoms with van der Waals surface area (Å²) >= 11 is 0. The van der Waals surface area contributed by atoms with Crippen molar-refractivity contribution in [1.82, 2.24) is 46.5 Å². The number of carboxylic acids is 2. The maximum atomic E-state index is 13.6. The number of H-pyrrole nitrogens is 2. The first-order valence-corrected chi connectivity index (χ1v) is 17.1. The van der Waals surface area contributed by atoms with Gasteiger partial charge >= 0.3 is 5.97 Å². The first kappa shape index (κ1) is 47.1. The lowest BCUT2D eigenvalue weighted by Gasteiger charge is -2.28. The number of imidazole rings is 2. The van der Waals surface area contributed by atoms with E-state index in [0.29, 0.717) is 30.8 Å². The Morgan fingerprint density at radius 2 is 1.22 bits per heavy atom. The van der Waals surface area contributed by atoms with E-state index in [1.807, 2.05) is 0 Å². The number of nitrogens with one attached hydrogen (secondary N) is 7. The average Bonchev–Trinajstić information content (AvgIpc) is 3.82. The molecule has 55 heavy (non-hydrogen) atoms. The van der Waals surface area contributed by atoms with Gasteiger partial charge in [-0.1, -0.05) is 13.8 Å². The Labute approximate surface area is 315 Å². The van der Waals surface area contributed by atoms with Crippen molar-refractivity contribution in [2.45, 2.75) is 95.5 Å². The van der Waals surface area contributed by atoms with Gasteiger partial charge in [-0.05, 0) is 31.7 Å². The fourth-order valence-corrected chi connectivity index (χ4v) is 4.78. The first-order valence-electron chi connectivity index (χ1n) is 17.1. The second-order valence-electron chi connectivity index (χ2n) is 12.6. The first-order chi connectivity index (χ1) is 25.9. The summed E-state index contributed by atoms with van der Waals surface area (Å²) in [5.41, 5.74) is 17.9. The molecule has 0 unspecified atom stereocenters. The standard InChI is InChI=1S/C30H48N12O9.C2H4O2/c1-15(2)24(30(51)40-20(8-17-11-35-14-37-17)27(48)38-19(25(33)46)5-3-4-6-31)42-28(49)21(9-23(44)45)39-29(50)22(12-43)41-26(47)18(32)7-16-10-34-13-36-16;1-2(3)4/h10-11,13-15,18-22,24,43H,3-9,12,31-32H2,1-2H3,(H2,33,46)(H,34,36)(H,35,37)(H,38,48)(H,39,50)(H,40,51)(H,41,47)(H,42,49)(H,44,45);1H3,(H,3,4)/t18-,19-,20-,21-,22-,24-;/m0./s1. The van der Waals surface area contributed by atoms with Crippen molar-refractivity contribution in [3.8, 4) is 0 Å². The number of aromatic amines is 2. The number of aliphatic hydroxyl groups excluding tert-OH is 1. The number of carboxylic acid groups (broad SMARTS) is 2. The summed E-state index contributed by atoms with van der Waals surface area (Å²) in [4.78, 5) is 112. The van der Waals surface area contributed by atoms with Gasteiger partial charge in [-0.2, -0.15) is 0 Å². The van der Waals surface area contributed by atoms with E-state index in [2.05, 4.69) is 46.5 Å². The fraction of sp³-hybridized carbons (Fsp3) is 0.562. The lowest BCUT2D eigenvalue weighted by Crippen LogP contribution is -2.61. The number of hydrogen-bond acceptors (Lipinski definition) is 13. The number of hydrogen-bond donors (Lipinski definition) is 13. The Kier molecular flexibility index (Phi) is 20.9. The van der Waals surface area contributed by atoms with Gasteiger partial charge in [0.05, 0.1) is 31.7 Å². The third kappa shape index (κ3) is 18.1. The van der Waals surface area contributed by atoms with Gasteiger partial charge in [-0.3, -0.25) is 38.4 Å². The molecule has 2 aromatic rings. The summed E-state index contributed by atoms with van der Waals surface area (Å²) in [6, 6.07) is -8.20. The number of carbonyl (C=O) groups excluding carboxylic acids is 6. The van der Waals surface area contributed by atoms with Crippen molar-refractivity contribution in [2.75, 3.05) is 13.2 Å². The smallest absolute Gasteiger partial charge is 0.305 e. The van der Waals surface area contributed by atoms with Crippen LogP contribution < -0.4 is 43.8 Å². The molecule has 23 nitrogen and oxygen atoms in total. The molecule has 6 atom stereocenters. The molecule has 0 saturated carbocycles. The van der Waals surface area contributed by atoms with E-state index < -0.39 is 103 Å². The van der Waals surface area contributed by atoms with Crippen LogP contribution in [0.5, 0.6) is 0 Å². The third-order valence-electron chi connectivity index (χ3n) is 7.62. The van der Waals surface area contributed by atoms with E-state index in [4.69, 9.17) is 27.1 Å². The Hall–Kier alpha value is -5.94. The van der Waals surface area contributed by atoms with Crippen LogP contribution in [0.15, 0.2) is 25.0 Å². The number of nitrogens with two attached hydrogens (primary N) is 3. The minimum atomic E-state index is -1.76. The SMILES string of the molecule is CC(=O)O.CC(C)[C@H](NC(=O)[C@H](CC(=O)O)NC(=O)[C@H](CO)NC(=O)[C@@H](N)Cc1cnc[nH]1)C(=O)N[C@@H](Cc1cnc[nH]1)C(=O)N[C@@H](CCCCN)C(N)=O. The molecule has 2 aromatic heterocycles. The van der Waals surface area contributed by atoms with Gasteiger partial charge in [-0.25, -0.2) is 9.97 Å². The summed E-state index contributed by atoms with van der Waals surface area (Å²) in [5, 5.41) is 38.7. The van der Waals surface area contributed by atoms with E-state index in [9.17, 15) is 43.8 Å². The number of amides is 6. The van der Waals surface area contributed by atoms with Crippen LogP contribution >= 0.6 is 0 Å². The second-order valence-corrected chi connectivity index (χ2v) is 12.6. The molecular formula is C32H52N12O11. The lowest BCUT2D eigenvalue weighted by molar-refractivity contribution is -0.142. The summed E-state index contributed by atoms with van der Waals surface area (Å²) in [7, 11) is 0. The molecule has 0 bridgehead atoms. The van der Waals surface area contributed by atoms with E-state index in [1.165, 1.54) is 25.0 Å². The van der Waals surface area contributed by atoms with Gasteiger partial charge in [0.2, 0.25) is 35.4 Å². The van der Waals surface area contributed by atoms with Crippen molar-refractivity contribution in [3.05, 3.63) is 36.4 Å². The number of nitrogens with zero attached hydrogens (tertiary/aromatic N) is 2. The van der Waals surface area contributed by atoms with Crippen molar-refractivity contribution in [2.24, 2.45) is 23.1 Å². The van der Waals surface area contributed by atoms with Crippen LogP contribution in [0.4, 0.5) is 0 Å². The molecule has 23 heteroatoms. The predicted molar refractivity (Wildman–Crippen MR) is 192 cm³/mol. The normalized spacial score (nSPS) is 14.0. The maximum Gasteiger partial charge on any atom is 0.305 e. The average molecular weight is 781 g/mol. The molecule has 306 valence electrons. The van der Waals surface area contributed by atoms with Crippen LogP contribution in [0.1, 0.15) is 57.8 Å². The molecule has 16 N–H and O–H groups in total. The molecule has 0 aliphatic carbocycles. The second kappa shape index (κ2) is 24.4. The number of aliphatic hydroxyl groups is 1. The zero-order valence-corrected chi connectivity index (χ0v) is 30.7. The molecule has 2 rings (SSSR count). The van der Waals surface area contributed by atoms with Crippen molar-refractivity contribution < 1.29 is 53.7 Å². The molecule has 0 aromatic carbocycles. The topological polar surface area (TPSA) is 393 Å². The highest BCUT2D eigenvalue weighted by Gasteiger charge is 2.34. The predicted octanol–water partition coefficient (Wildman–Crippen LogP) is -4.50. The van der Waals surface area contributed by atoms with Crippen LogP contribution in [0, 0.1) is 5.92 Å². The number of unbranched alkanes of at least 4 members (excludes halogenated alkanes) is 1. The highest BCUT2D eigenvalue weighted by atomic mass is 16.4. The van der Waals surface area contributed by atoms with Crippen LogP contribution in [-0.4, -0.2) is 132 Å². The minimum Gasteiger partial charge on any atom is -0.481 e. The van der Waals surface area contributed by atoms with Gasteiger partial charge in [0.15, 0.2) is 0 Å². The molecule has 0 spiro atoms. The minimum absolute atomic E-state index is 0.0270. The van der Waals surface area contributed by atoms with Crippen molar-refractivity contribution in [1.29, 1.82) is 0 Å². The van der Waals surface area contributed by atoms with Crippen molar-refractivity contribution >= 4 is 47.4 Å². The molecule has 0 aliphatic heterocycles. The van der Waals surface area contributed by atoms with Gasteiger partial charge in [0.25, 0.3) is 5.97 Å². The monoisotopic (exact) mass is 780 g/mol. The van der Waals surface area contributed by atoms with E-state index in [1.54, 1.807) is 13.8 Å².